The van der Waals surface area contributed by atoms with Gasteiger partial charge in [-0.25, -0.2) is 4.79 Å². The summed E-state index contributed by atoms with van der Waals surface area (Å²) in [4.78, 5) is 40.0. The molecule has 0 saturated carbocycles. The molecule has 0 aliphatic carbocycles. The summed E-state index contributed by atoms with van der Waals surface area (Å²) < 4.78 is 5.34. The van der Waals surface area contributed by atoms with E-state index in [1.807, 2.05) is 12.1 Å². The van der Waals surface area contributed by atoms with Gasteiger partial charge in [0.25, 0.3) is 5.91 Å². The first-order valence-corrected chi connectivity index (χ1v) is 10.4. The Morgan fingerprint density at radius 2 is 1.97 bits per heavy atom. The maximum Gasteiger partial charge on any atom is 0.323 e. The SMILES string of the molecule is C[C@@H]1CN(C(=O)c2ccc(OCCO)cc2Cl)c2ccccc2CN1C(=O)NCC(=O)O. The van der Waals surface area contributed by atoms with E-state index in [4.69, 9.17) is 26.6 Å². The van der Waals surface area contributed by atoms with Gasteiger partial charge in [-0.2, -0.15) is 0 Å². The summed E-state index contributed by atoms with van der Waals surface area (Å²) >= 11 is 6.36. The van der Waals surface area contributed by atoms with Crippen molar-refractivity contribution in [3.8, 4) is 5.75 Å². The van der Waals surface area contributed by atoms with Crippen molar-refractivity contribution in [3.63, 3.8) is 0 Å². The van der Waals surface area contributed by atoms with Crippen LogP contribution in [0.5, 0.6) is 5.75 Å². The quantitative estimate of drug-likeness (QED) is 0.607. The monoisotopic (exact) mass is 461 g/mol. The fourth-order valence-electron chi connectivity index (χ4n) is 3.49. The number of aliphatic hydroxyl groups is 1. The first-order valence-electron chi connectivity index (χ1n) is 10.0. The predicted octanol–water partition coefficient (Wildman–Crippen LogP) is 2.36. The molecule has 9 nitrogen and oxygen atoms in total. The molecule has 0 bridgehead atoms. The molecule has 0 unspecified atom stereocenters. The van der Waals surface area contributed by atoms with Crippen LogP contribution in [0.15, 0.2) is 42.5 Å². The molecule has 10 heteroatoms. The molecule has 1 aliphatic heterocycles. The Morgan fingerprint density at radius 3 is 2.66 bits per heavy atom. The van der Waals surface area contributed by atoms with Crippen molar-refractivity contribution in [2.24, 2.45) is 0 Å². The van der Waals surface area contributed by atoms with E-state index in [0.717, 1.165) is 5.56 Å². The summed E-state index contributed by atoms with van der Waals surface area (Å²) in [5, 5.41) is 20.3. The maximum absolute atomic E-state index is 13.5. The van der Waals surface area contributed by atoms with Gasteiger partial charge in [-0.1, -0.05) is 29.8 Å². The van der Waals surface area contributed by atoms with Gasteiger partial charge in [-0.05, 0) is 36.8 Å². The van der Waals surface area contributed by atoms with Gasteiger partial charge < -0.3 is 30.1 Å². The molecule has 3 N–H and O–H groups in total. The number of amides is 3. The molecule has 170 valence electrons. The summed E-state index contributed by atoms with van der Waals surface area (Å²) in [5.74, 6) is -1.04. The number of benzene rings is 2. The zero-order chi connectivity index (χ0) is 23.3. The Balaban J connectivity index is 1.90. The Kier molecular flexibility index (Phi) is 7.55. The number of anilines is 1. The maximum atomic E-state index is 13.5. The molecule has 1 atom stereocenters. The number of nitrogens with one attached hydrogen (secondary N) is 1. The molecule has 2 aromatic rings. The standard InChI is InChI=1S/C22H24ClN3O6/c1-14-12-26(21(30)17-7-6-16(10-18(17)23)32-9-8-27)19-5-3-2-4-15(19)13-25(14)22(31)24-11-20(28)29/h2-7,10,14,27H,8-9,11-13H2,1H3,(H,24,31)(H,28,29)/t14-/m1/s1. The number of carboxylic acids is 1. The number of para-hydroxylation sites is 1. The minimum atomic E-state index is -1.14. The topological polar surface area (TPSA) is 119 Å². The lowest BCUT2D eigenvalue weighted by Crippen LogP contribution is -2.49. The van der Waals surface area contributed by atoms with Gasteiger partial charge in [-0.15, -0.1) is 0 Å². The molecule has 3 rings (SSSR count). The average Bonchev–Trinajstić information content (AvgIpc) is 2.92. The van der Waals surface area contributed by atoms with Crippen LogP contribution in [-0.4, -0.2) is 65.4 Å². The van der Waals surface area contributed by atoms with E-state index < -0.39 is 24.6 Å². The van der Waals surface area contributed by atoms with Crippen LogP contribution in [0.25, 0.3) is 0 Å². The van der Waals surface area contributed by atoms with Crippen molar-refractivity contribution in [2.75, 3.05) is 31.2 Å². The van der Waals surface area contributed by atoms with Crippen LogP contribution < -0.4 is 15.0 Å². The number of fused-ring (bicyclic) bond motifs is 1. The lowest BCUT2D eigenvalue weighted by molar-refractivity contribution is -0.135. The number of carboxylic acid groups (broad SMARTS) is 1. The minimum Gasteiger partial charge on any atom is -0.491 e. The van der Waals surface area contributed by atoms with Crippen LogP contribution in [0.2, 0.25) is 5.02 Å². The number of carbonyl (C=O) groups is 3. The van der Waals surface area contributed by atoms with E-state index >= 15 is 0 Å². The van der Waals surface area contributed by atoms with E-state index in [1.54, 1.807) is 36.1 Å². The second kappa shape index (κ2) is 10.3. The van der Waals surface area contributed by atoms with Crippen LogP contribution in [0.1, 0.15) is 22.8 Å². The lowest BCUT2D eigenvalue weighted by Gasteiger charge is -2.29. The van der Waals surface area contributed by atoms with Crippen molar-refractivity contribution in [1.29, 1.82) is 0 Å². The molecular weight excluding hydrogens is 438 g/mol. The van der Waals surface area contributed by atoms with Crippen LogP contribution >= 0.6 is 11.6 Å². The molecule has 0 spiro atoms. The number of aliphatic carboxylic acids is 1. The van der Waals surface area contributed by atoms with E-state index in [9.17, 15) is 14.4 Å². The number of ether oxygens (including phenoxy) is 1. The van der Waals surface area contributed by atoms with Crippen molar-refractivity contribution in [3.05, 3.63) is 58.6 Å². The molecule has 1 aliphatic rings. The first-order chi connectivity index (χ1) is 15.3. The van der Waals surface area contributed by atoms with Gasteiger partial charge in [0, 0.05) is 24.8 Å². The molecule has 0 saturated heterocycles. The number of aliphatic hydroxyl groups excluding tert-OH is 1. The second-order valence-corrected chi connectivity index (χ2v) is 7.69. The highest BCUT2D eigenvalue weighted by molar-refractivity contribution is 6.34. The summed E-state index contributed by atoms with van der Waals surface area (Å²) in [6.07, 6.45) is 0. The summed E-state index contributed by atoms with van der Waals surface area (Å²) in [7, 11) is 0. The van der Waals surface area contributed by atoms with Crippen molar-refractivity contribution in [2.45, 2.75) is 19.5 Å². The number of halogens is 1. The number of carbonyl (C=O) groups excluding carboxylic acids is 2. The third-order valence-electron chi connectivity index (χ3n) is 5.03. The van der Waals surface area contributed by atoms with Crippen LogP contribution in [0.3, 0.4) is 0 Å². The Labute approximate surface area is 190 Å². The molecule has 0 fully saturated rings. The van der Waals surface area contributed by atoms with Gasteiger partial charge in [0.15, 0.2) is 0 Å². The van der Waals surface area contributed by atoms with Gasteiger partial charge in [0.05, 0.1) is 17.2 Å². The summed E-state index contributed by atoms with van der Waals surface area (Å²) in [6.45, 7) is 1.67. The normalized spacial score (nSPS) is 15.5. The number of hydrogen-bond acceptors (Lipinski definition) is 5. The van der Waals surface area contributed by atoms with Crippen molar-refractivity contribution < 1.29 is 29.3 Å². The third-order valence-corrected chi connectivity index (χ3v) is 5.34. The molecule has 32 heavy (non-hydrogen) atoms. The Morgan fingerprint density at radius 1 is 1.22 bits per heavy atom. The number of rotatable bonds is 6. The number of urea groups is 1. The minimum absolute atomic E-state index is 0.112. The van der Waals surface area contributed by atoms with Gasteiger partial charge >= 0.3 is 12.0 Å². The van der Waals surface area contributed by atoms with E-state index in [-0.39, 0.29) is 42.8 Å². The second-order valence-electron chi connectivity index (χ2n) is 7.29. The van der Waals surface area contributed by atoms with Crippen molar-refractivity contribution in [1.82, 2.24) is 10.2 Å². The zero-order valence-electron chi connectivity index (χ0n) is 17.5. The Hall–Kier alpha value is -3.30. The highest BCUT2D eigenvalue weighted by Crippen LogP contribution is 2.31. The molecule has 3 amide bonds. The zero-order valence-corrected chi connectivity index (χ0v) is 18.2. The highest BCUT2D eigenvalue weighted by atomic mass is 35.5. The highest BCUT2D eigenvalue weighted by Gasteiger charge is 2.32. The van der Waals surface area contributed by atoms with Gasteiger partial charge in [0.1, 0.15) is 18.9 Å². The fourth-order valence-corrected chi connectivity index (χ4v) is 3.74. The van der Waals surface area contributed by atoms with Gasteiger partial charge in [0.2, 0.25) is 0 Å². The smallest absolute Gasteiger partial charge is 0.323 e. The number of nitrogens with zero attached hydrogens (tertiary/aromatic N) is 2. The average molecular weight is 462 g/mol. The van der Waals surface area contributed by atoms with E-state index in [2.05, 4.69) is 5.32 Å². The largest absolute Gasteiger partial charge is 0.491 e. The summed E-state index contributed by atoms with van der Waals surface area (Å²) in [5.41, 5.74) is 1.66. The third kappa shape index (κ3) is 5.30. The first kappa shape index (κ1) is 23.4. The van der Waals surface area contributed by atoms with E-state index in [1.165, 1.54) is 11.0 Å². The molecule has 1 heterocycles. The Bertz CT molecular complexity index is 1010. The fraction of sp³-hybridized carbons (Fsp3) is 0.318. The van der Waals surface area contributed by atoms with Crippen molar-refractivity contribution >= 4 is 35.2 Å². The predicted molar refractivity (Wildman–Crippen MR) is 118 cm³/mol. The molecular formula is C22H24ClN3O6. The molecule has 0 aromatic heterocycles. The lowest BCUT2D eigenvalue weighted by atomic mass is 10.1. The van der Waals surface area contributed by atoms with E-state index in [0.29, 0.717) is 11.4 Å². The van der Waals surface area contributed by atoms with Gasteiger partial charge in [-0.3, -0.25) is 9.59 Å². The molecule has 2 aromatic carbocycles. The molecule has 0 radical (unpaired) electrons. The van der Waals surface area contributed by atoms with Crippen LogP contribution in [0, 0.1) is 0 Å². The number of hydrogen-bond donors (Lipinski definition) is 3. The van der Waals surface area contributed by atoms with Crippen LogP contribution in [0.4, 0.5) is 10.5 Å². The van der Waals surface area contributed by atoms with Crippen LogP contribution in [-0.2, 0) is 11.3 Å². The summed E-state index contributed by atoms with van der Waals surface area (Å²) in [6, 6.07) is 11.0.